The number of rotatable bonds is 6. The molecular weight excluding hydrogens is 196 g/mol. The fourth-order valence-electron chi connectivity index (χ4n) is 1.09. The highest BCUT2D eigenvalue weighted by Crippen LogP contribution is 2.12. The Labute approximate surface area is 88.4 Å². The predicted octanol–water partition coefficient (Wildman–Crippen LogP) is 1.80. The Kier molecular flexibility index (Phi) is 4.63. The second-order valence-electron chi connectivity index (χ2n) is 3.02. The van der Waals surface area contributed by atoms with E-state index in [1.54, 1.807) is 19.2 Å². The number of benzene rings is 1. The average Bonchev–Trinajstić information content (AvgIpc) is 2.25. The van der Waals surface area contributed by atoms with E-state index in [-0.39, 0.29) is 5.56 Å². The van der Waals surface area contributed by atoms with Crippen molar-refractivity contribution in [3.8, 4) is 5.75 Å². The molecule has 0 spiro atoms. The maximum absolute atomic E-state index is 10.6. The summed E-state index contributed by atoms with van der Waals surface area (Å²) >= 11 is 0. The molecule has 0 bridgehead atoms. The smallest absolute Gasteiger partial charge is 0.335 e. The predicted molar refractivity (Wildman–Crippen MR) is 55.4 cm³/mol. The molecule has 1 aromatic rings. The van der Waals surface area contributed by atoms with Gasteiger partial charge in [-0.3, -0.25) is 0 Å². The number of carbonyl (C=O) groups is 1. The first-order valence-electron chi connectivity index (χ1n) is 4.69. The van der Waals surface area contributed by atoms with Gasteiger partial charge in [-0.05, 0) is 24.3 Å². The molecule has 4 nitrogen and oxygen atoms in total. The average molecular weight is 210 g/mol. The zero-order valence-corrected chi connectivity index (χ0v) is 8.60. The van der Waals surface area contributed by atoms with Crippen LogP contribution in [0.1, 0.15) is 16.8 Å². The van der Waals surface area contributed by atoms with Crippen LogP contribution in [0.4, 0.5) is 0 Å². The Hall–Kier alpha value is -1.55. The van der Waals surface area contributed by atoms with Crippen LogP contribution in [0.15, 0.2) is 24.3 Å². The van der Waals surface area contributed by atoms with Crippen LogP contribution in [0.25, 0.3) is 0 Å². The van der Waals surface area contributed by atoms with Crippen molar-refractivity contribution in [2.75, 3.05) is 20.3 Å². The highest BCUT2D eigenvalue weighted by molar-refractivity contribution is 5.87. The Morgan fingerprint density at radius 3 is 2.47 bits per heavy atom. The molecule has 0 aliphatic heterocycles. The molecule has 0 unspecified atom stereocenters. The van der Waals surface area contributed by atoms with Gasteiger partial charge in [0.05, 0.1) is 12.2 Å². The summed E-state index contributed by atoms with van der Waals surface area (Å²) in [6.07, 6.45) is 0.817. The van der Waals surface area contributed by atoms with E-state index < -0.39 is 5.97 Å². The van der Waals surface area contributed by atoms with Crippen LogP contribution in [-0.2, 0) is 4.74 Å². The number of aromatic carboxylic acids is 1. The van der Waals surface area contributed by atoms with Gasteiger partial charge in [-0.1, -0.05) is 0 Å². The number of hydrogen-bond acceptors (Lipinski definition) is 3. The molecule has 0 saturated carbocycles. The van der Waals surface area contributed by atoms with Gasteiger partial charge in [0.15, 0.2) is 0 Å². The molecule has 1 N–H and O–H groups in total. The number of ether oxygens (including phenoxy) is 2. The Bertz CT molecular complexity index is 305. The van der Waals surface area contributed by atoms with Crippen LogP contribution in [0, 0.1) is 0 Å². The van der Waals surface area contributed by atoms with E-state index in [9.17, 15) is 4.79 Å². The van der Waals surface area contributed by atoms with Crippen LogP contribution < -0.4 is 4.74 Å². The highest BCUT2D eigenvalue weighted by Gasteiger charge is 2.01. The maximum atomic E-state index is 10.6. The molecule has 0 aliphatic rings. The lowest BCUT2D eigenvalue weighted by Crippen LogP contribution is -2.02. The van der Waals surface area contributed by atoms with E-state index in [2.05, 4.69) is 0 Å². The zero-order valence-electron chi connectivity index (χ0n) is 8.60. The first-order chi connectivity index (χ1) is 7.24. The Morgan fingerprint density at radius 1 is 1.27 bits per heavy atom. The summed E-state index contributed by atoms with van der Waals surface area (Å²) in [4.78, 5) is 10.6. The van der Waals surface area contributed by atoms with E-state index in [0.717, 1.165) is 6.42 Å². The van der Waals surface area contributed by atoms with E-state index in [1.165, 1.54) is 12.1 Å². The van der Waals surface area contributed by atoms with Crippen molar-refractivity contribution in [3.63, 3.8) is 0 Å². The molecule has 4 heteroatoms. The number of hydrogen-bond donors (Lipinski definition) is 1. The lowest BCUT2D eigenvalue weighted by molar-refractivity contribution is 0.0697. The summed E-state index contributed by atoms with van der Waals surface area (Å²) in [5.41, 5.74) is 0.263. The Morgan fingerprint density at radius 2 is 1.93 bits per heavy atom. The summed E-state index contributed by atoms with van der Waals surface area (Å²) in [6.45, 7) is 1.23. The molecule has 0 fully saturated rings. The molecule has 0 aliphatic carbocycles. The molecule has 1 aromatic carbocycles. The van der Waals surface area contributed by atoms with Crippen molar-refractivity contribution >= 4 is 5.97 Å². The second kappa shape index (κ2) is 6.03. The van der Waals surface area contributed by atoms with Crippen molar-refractivity contribution in [3.05, 3.63) is 29.8 Å². The monoisotopic (exact) mass is 210 g/mol. The number of carboxylic acids is 1. The van der Waals surface area contributed by atoms with Crippen LogP contribution in [0.3, 0.4) is 0 Å². The van der Waals surface area contributed by atoms with Crippen molar-refractivity contribution in [2.45, 2.75) is 6.42 Å². The SMILES string of the molecule is COCCCOc1ccc(C(=O)O)cc1. The van der Waals surface area contributed by atoms with Gasteiger partial charge in [-0.25, -0.2) is 4.79 Å². The van der Waals surface area contributed by atoms with Crippen LogP contribution in [0.2, 0.25) is 0 Å². The van der Waals surface area contributed by atoms with Gasteiger partial charge in [-0.15, -0.1) is 0 Å². The minimum atomic E-state index is -0.930. The second-order valence-corrected chi connectivity index (χ2v) is 3.02. The lowest BCUT2D eigenvalue weighted by atomic mass is 10.2. The third-order valence-corrected chi connectivity index (χ3v) is 1.86. The summed E-state index contributed by atoms with van der Waals surface area (Å²) in [5, 5.41) is 8.66. The fourth-order valence-corrected chi connectivity index (χ4v) is 1.09. The topological polar surface area (TPSA) is 55.8 Å². The molecule has 0 radical (unpaired) electrons. The summed E-state index contributed by atoms with van der Waals surface area (Å²) in [7, 11) is 1.64. The molecule has 82 valence electrons. The molecular formula is C11H14O4. The number of carboxylic acid groups (broad SMARTS) is 1. The van der Waals surface area contributed by atoms with Crippen molar-refractivity contribution < 1.29 is 19.4 Å². The molecule has 0 saturated heterocycles. The van der Waals surface area contributed by atoms with Crippen LogP contribution >= 0.6 is 0 Å². The zero-order chi connectivity index (χ0) is 11.1. The third kappa shape index (κ3) is 3.99. The fraction of sp³-hybridized carbons (Fsp3) is 0.364. The maximum Gasteiger partial charge on any atom is 0.335 e. The molecule has 1 rings (SSSR count). The largest absolute Gasteiger partial charge is 0.494 e. The molecule has 15 heavy (non-hydrogen) atoms. The van der Waals surface area contributed by atoms with Gasteiger partial charge in [0, 0.05) is 20.1 Å². The normalized spacial score (nSPS) is 9.93. The van der Waals surface area contributed by atoms with Crippen LogP contribution in [-0.4, -0.2) is 31.4 Å². The summed E-state index contributed by atoms with van der Waals surface area (Å²) in [6, 6.07) is 6.34. The quantitative estimate of drug-likeness (QED) is 0.727. The van der Waals surface area contributed by atoms with E-state index >= 15 is 0 Å². The third-order valence-electron chi connectivity index (χ3n) is 1.86. The summed E-state index contributed by atoms with van der Waals surface area (Å²) < 4.78 is 10.2. The molecule has 0 heterocycles. The molecule has 0 atom stereocenters. The lowest BCUT2D eigenvalue weighted by Gasteiger charge is -2.05. The van der Waals surface area contributed by atoms with Crippen molar-refractivity contribution in [2.24, 2.45) is 0 Å². The van der Waals surface area contributed by atoms with E-state index in [1.807, 2.05) is 0 Å². The van der Waals surface area contributed by atoms with E-state index in [0.29, 0.717) is 19.0 Å². The first kappa shape index (κ1) is 11.5. The van der Waals surface area contributed by atoms with Gasteiger partial charge in [0.25, 0.3) is 0 Å². The van der Waals surface area contributed by atoms with Crippen LogP contribution in [0.5, 0.6) is 5.75 Å². The minimum Gasteiger partial charge on any atom is -0.494 e. The van der Waals surface area contributed by atoms with Gasteiger partial charge >= 0.3 is 5.97 Å². The van der Waals surface area contributed by atoms with E-state index in [4.69, 9.17) is 14.6 Å². The van der Waals surface area contributed by atoms with Gasteiger partial charge in [0.1, 0.15) is 5.75 Å². The number of methoxy groups -OCH3 is 1. The van der Waals surface area contributed by atoms with Crippen molar-refractivity contribution in [1.29, 1.82) is 0 Å². The first-order valence-corrected chi connectivity index (χ1v) is 4.69. The Balaban J connectivity index is 2.39. The van der Waals surface area contributed by atoms with Gasteiger partial charge in [-0.2, -0.15) is 0 Å². The van der Waals surface area contributed by atoms with Crippen molar-refractivity contribution in [1.82, 2.24) is 0 Å². The standard InChI is InChI=1S/C11H14O4/c1-14-7-2-8-15-10-5-3-9(4-6-10)11(12)13/h3-6H,2,7-8H2,1H3,(H,12,13). The van der Waals surface area contributed by atoms with Gasteiger partial charge < -0.3 is 14.6 Å². The molecule has 0 aromatic heterocycles. The highest BCUT2D eigenvalue weighted by atomic mass is 16.5. The molecule has 0 amide bonds. The summed E-state index contributed by atoms with van der Waals surface area (Å²) in [5.74, 6) is -0.253. The van der Waals surface area contributed by atoms with Gasteiger partial charge in [0.2, 0.25) is 0 Å². The minimum absolute atomic E-state index is 0.263.